The van der Waals surface area contributed by atoms with Gasteiger partial charge < -0.3 is 20.3 Å². The van der Waals surface area contributed by atoms with E-state index in [9.17, 15) is 4.79 Å². The molecular weight excluding hydrogens is 266 g/mol. The topological polar surface area (TPSA) is 53.6 Å². The standard InChI is InChI=1S/C16H25N3O2/c1-3-9-17-11-13-6-4-5-7-15(13)19-10-8-14(12-19)18-16(20)21-2/h4-7,14,17H,3,8-12H2,1-2H3,(H,18,20). The Morgan fingerprint density at radius 1 is 1.43 bits per heavy atom. The lowest BCUT2D eigenvalue weighted by atomic mass is 10.1. The Balaban J connectivity index is 1.97. The monoisotopic (exact) mass is 291 g/mol. The van der Waals surface area contributed by atoms with E-state index < -0.39 is 0 Å². The maximum Gasteiger partial charge on any atom is 0.407 e. The van der Waals surface area contributed by atoms with Crippen LogP contribution in [0.1, 0.15) is 25.3 Å². The first kappa shape index (κ1) is 15.6. The number of alkyl carbamates (subject to hydrolysis) is 1. The van der Waals surface area contributed by atoms with E-state index >= 15 is 0 Å². The molecule has 2 rings (SSSR count). The Morgan fingerprint density at radius 3 is 3.00 bits per heavy atom. The second kappa shape index (κ2) is 7.88. The van der Waals surface area contributed by atoms with Crippen LogP contribution in [0.3, 0.4) is 0 Å². The third-order valence-electron chi connectivity index (χ3n) is 3.77. The molecule has 0 spiro atoms. The molecule has 0 saturated carbocycles. The van der Waals surface area contributed by atoms with Gasteiger partial charge in [-0.15, -0.1) is 0 Å². The van der Waals surface area contributed by atoms with Crippen molar-refractivity contribution in [1.29, 1.82) is 0 Å². The lowest BCUT2D eigenvalue weighted by molar-refractivity contribution is 0.167. The zero-order chi connectivity index (χ0) is 15.1. The van der Waals surface area contributed by atoms with E-state index in [1.165, 1.54) is 18.4 Å². The van der Waals surface area contributed by atoms with Crippen LogP contribution in [-0.2, 0) is 11.3 Å². The summed E-state index contributed by atoms with van der Waals surface area (Å²) in [6.07, 6.45) is 1.74. The van der Waals surface area contributed by atoms with Crippen LogP contribution in [0.15, 0.2) is 24.3 Å². The van der Waals surface area contributed by atoms with Crippen molar-refractivity contribution in [2.75, 3.05) is 31.6 Å². The van der Waals surface area contributed by atoms with Gasteiger partial charge in [0, 0.05) is 25.3 Å². The van der Waals surface area contributed by atoms with Crippen molar-refractivity contribution in [1.82, 2.24) is 10.6 Å². The van der Waals surface area contributed by atoms with Crippen LogP contribution < -0.4 is 15.5 Å². The number of benzene rings is 1. The molecule has 5 nitrogen and oxygen atoms in total. The summed E-state index contributed by atoms with van der Waals surface area (Å²) in [4.78, 5) is 13.6. The normalized spacial score (nSPS) is 17.8. The molecule has 0 bridgehead atoms. The highest BCUT2D eigenvalue weighted by atomic mass is 16.5. The minimum Gasteiger partial charge on any atom is -0.453 e. The number of methoxy groups -OCH3 is 1. The largest absolute Gasteiger partial charge is 0.453 e. The minimum atomic E-state index is -0.347. The molecule has 1 fully saturated rings. The summed E-state index contributed by atoms with van der Waals surface area (Å²) in [6.45, 7) is 5.87. The minimum absolute atomic E-state index is 0.161. The number of nitrogens with one attached hydrogen (secondary N) is 2. The molecule has 1 aliphatic heterocycles. The van der Waals surface area contributed by atoms with Gasteiger partial charge in [0.1, 0.15) is 0 Å². The van der Waals surface area contributed by atoms with Crippen LogP contribution >= 0.6 is 0 Å². The van der Waals surface area contributed by atoms with Crippen LogP contribution in [0.5, 0.6) is 0 Å². The Bertz CT molecular complexity index is 465. The molecule has 0 radical (unpaired) electrons. The summed E-state index contributed by atoms with van der Waals surface area (Å²) >= 11 is 0. The molecule has 1 heterocycles. The first-order valence-electron chi connectivity index (χ1n) is 7.62. The van der Waals surface area contributed by atoms with E-state index in [1.807, 2.05) is 0 Å². The lowest BCUT2D eigenvalue weighted by Crippen LogP contribution is -2.37. The number of ether oxygens (including phenoxy) is 1. The van der Waals surface area contributed by atoms with Gasteiger partial charge in [-0.3, -0.25) is 0 Å². The zero-order valence-electron chi connectivity index (χ0n) is 12.9. The first-order chi connectivity index (χ1) is 10.2. The van der Waals surface area contributed by atoms with Crippen molar-refractivity contribution in [2.45, 2.75) is 32.4 Å². The van der Waals surface area contributed by atoms with Crippen molar-refractivity contribution in [3.05, 3.63) is 29.8 Å². The van der Waals surface area contributed by atoms with Gasteiger partial charge in [0.15, 0.2) is 0 Å². The summed E-state index contributed by atoms with van der Waals surface area (Å²) in [7, 11) is 1.40. The first-order valence-corrected chi connectivity index (χ1v) is 7.62. The maximum absolute atomic E-state index is 11.3. The van der Waals surface area contributed by atoms with Crippen LogP contribution in [0.4, 0.5) is 10.5 Å². The van der Waals surface area contributed by atoms with E-state index in [0.717, 1.165) is 39.0 Å². The number of rotatable bonds is 6. The van der Waals surface area contributed by atoms with Gasteiger partial charge in [-0.1, -0.05) is 25.1 Å². The zero-order valence-corrected chi connectivity index (χ0v) is 12.9. The van der Waals surface area contributed by atoms with E-state index in [2.05, 4.69) is 51.5 Å². The third kappa shape index (κ3) is 4.36. The summed E-state index contributed by atoms with van der Waals surface area (Å²) in [5, 5.41) is 6.33. The molecule has 1 saturated heterocycles. The number of hydrogen-bond acceptors (Lipinski definition) is 4. The summed E-state index contributed by atoms with van der Waals surface area (Å²) in [6, 6.07) is 8.63. The van der Waals surface area contributed by atoms with Crippen molar-refractivity contribution in [3.63, 3.8) is 0 Å². The highest BCUT2D eigenvalue weighted by Gasteiger charge is 2.25. The molecule has 1 unspecified atom stereocenters. The number of para-hydroxylation sites is 1. The molecule has 21 heavy (non-hydrogen) atoms. The van der Waals surface area contributed by atoms with Gasteiger partial charge in [-0.2, -0.15) is 0 Å². The van der Waals surface area contributed by atoms with Gasteiger partial charge in [0.25, 0.3) is 0 Å². The van der Waals surface area contributed by atoms with E-state index in [-0.39, 0.29) is 12.1 Å². The number of anilines is 1. The average Bonchev–Trinajstić information content (AvgIpc) is 2.96. The molecule has 1 aliphatic rings. The molecule has 0 aromatic heterocycles. The fraction of sp³-hybridized carbons (Fsp3) is 0.562. The van der Waals surface area contributed by atoms with Crippen LogP contribution in [0, 0.1) is 0 Å². The van der Waals surface area contributed by atoms with Crippen LogP contribution in [0.25, 0.3) is 0 Å². The summed E-state index contributed by atoms with van der Waals surface area (Å²) in [5.41, 5.74) is 2.57. The summed E-state index contributed by atoms with van der Waals surface area (Å²) in [5.74, 6) is 0. The predicted octanol–water partition coefficient (Wildman–Crippen LogP) is 2.12. The molecule has 0 aliphatic carbocycles. The molecule has 2 N–H and O–H groups in total. The number of carbonyl (C=O) groups is 1. The average molecular weight is 291 g/mol. The van der Waals surface area contributed by atoms with Gasteiger partial charge in [0.05, 0.1) is 13.2 Å². The van der Waals surface area contributed by atoms with Gasteiger partial charge >= 0.3 is 6.09 Å². The molecular formula is C16H25N3O2. The second-order valence-corrected chi connectivity index (χ2v) is 5.37. The number of carbonyl (C=O) groups excluding carboxylic acids is 1. The quantitative estimate of drug-likeness (QED) is 0.788. The van der Waals surface area contributed by atoms with Crippen molar-refractivity contribution in [2.24, 2.45) is 0 Å². The Labute approximate surface area is 126 Å². The SMILES string of the molecule is CCCNCc1ccccc1N1CCC(NC(=O)OC)C1. The maximum atomic E-state index is 11.3. The number of amides is 1. The van der Waals surface area contributed by atoms with Crippen LogP contribution in [-0.4, -0.2) is 38.9 Å². The summed E-state index contributed by atoms with van der Waals surface area (Å²) < 4.78 is 4.66. The second-order valence-electron chi connectivity index (χ2n) is 5.37. The van der Waals surface area contributed by atoms with E-state index in [4.69, 9.17) is 0 Å². The fourth-order valence-electron chi connectivity index (χ4n) is 2.69. The molecule has 116 valence electrons. The Kier molecular flexibility index (Phi) is 5.87. The fourth-order valence-corrected chi connectivity index (χ4v) is 2.69. The third-order valence-corrected chi connectivity index (χ3v) is 3.77. The molecule has 1 aromatic carbocycles. The van der Waals surface area contributed by atoms with Crippen LogP contribution in [0.2, 0.25) is 0 Å². The Morgan fingerprint density at radius 2 is 2.24 bits per heavy atom. The molecule has 1 amide bonds. The van der Waals surface area contributed by atoms with Crippen molar-refractivity contribution < 1.29 is 9.53 Å². The number of hydrogen-bond donors (Lipinski definition) is 2. The molecule has 5 heteroatoms. The highest BCUT2D eigenvalue weighted by Crippen LogP contribution is 2.24. The molecule has 1 atom stereocenters. The van der Waals surface area contributed by atoms with Gasteiger partial charge in [-0.25, -0.2) is 4.79 Å². The van der Waals surface area contributed by atoms with Gasteiger partial charge in [0.2, 0.25) is 0 Å². The smallest absolute Gasteiger partial charge is 0.407 e. The van der Waals surface area contributed by atoms with Crippen molar-refractivity contribution >= 4 is 11.8 Å². The predicted molar refractivity (Wildman–Crippen MR) is 84.6 cm³/mol. The number of nitrogens with zero attached hydrogens (tertiary/aromatic N) is 1. The highest BCUT2D eigenvalue weighted by molar-refractivity contribution is 5.67. The van der Waals surface area contributed by atoms with Gasteiger partial charge in [-0.05, 0) is 31.0 Å². The van der Waals surface area contributed by atoms with Crippen molar-refractivity contribution in [3.8, 4) is 0 Å². The lowest BCUT2D eigenvalue weighted by Gasteiger charge is -2.22. The van der Waals surface area contributed by atoms with E-state index in [0.29, 0.717) is 0 Å². The Hall–Kier alpha value is -1.75. The van der Waals surface area contributed by atoms with E-state index in [1.54, 1.807) is 0 Å². The molecule has 1 aromatic rings.